The molecule has 0 spiro atoms. The first-order chi connectivity index (χ1) is 14.0. The molecule has 3 aromatic carbocycles. The number of hydrogen-bond donors (Lipinski definition) is 3. The van der Waals surface area contributed by atoms with Crippen molar-refractivity contribution in [1.82, 2.24) is 0 Å². The lowest BCUT2D eigenvalue weighted by Crippen LogP contribution is -2.21. The number of benzene rings is 3. The maximum atomic E-state index is 12.3. The second-order valence-electron chi connectivity index (χ2n) is 5.90. The first-order valence-electron chi connectivity index (χ1n) is 8.50. The Balaban J connectivity index is 1.69. The first kappa shape index (κ1) is 20.0. The Morgan fingerprint density at radius 1 is 1.07 bits per heavy atom. The lowest BCUT2D eigenvalue weighted by atomic mass is 10.0. The zero-order valence-corrected chi connectivity index (χ0v) is 15.9. The molecule has 146 valence electrons. The van der Waals surface area contributed by atoms with E-state index in [2.05, 4.69) is 5.32 Å². The standard InChI is InChI=1S/C21H16N2O5S/c22-9-10-29-18-8-4-3-7-16(18)23-19(25)12-28-21(27)15-11-17(24)13-5-1-2-6-14(13)20(15)26/h1-8,11,24,26H,10,12H2,(H,23,25). The van der Waals surface area contributed by atoms with Gasteiger partial charge in [0.05, 0.1) is 17.5 Å². The minimum atomic E-state index is -0.939. The molecule has 29 heavy (non-hydrogen) atoms. The van der Waals surface area contributed by atoms with E-state index >= 15 is 0 Å². The van der Waals surface area contributed by atoms with Gasteiger partial charge in [-0.1, -0.05) is 36.4 Å². The predicted molar refractivity (Wildman–Crippen MR) is 109 cm³/mol. The summed E-state index contributed by atoms with van der Waals surface area (Å²) in [6, 6.07) is 16.6. The van der Waals surface area contributed by atoms with E-state index < -0.39 is 18.5 Å². The van der Waals surface area contributed by atoms with Crippen molar-refractivity contribution in [3.8, 4) is 17.6 Å². The van der Waals surface area contributed by atoms with E-state index in [1.54, 1.807) is 48.5 Å². The van der Waals surface area contributed by atoms with Crippen LogP contribution in [0.5, 0.6) is 11.5 Å². The summed E-state index contributed by atoms with van der Waals surface area (Å²) in [6.45, 7) is -0.580. The number of hydrogen-bond acceptors (Lipinski definition) is 7. The fraction of sp³-hybridized carbons (Fsp3) is 0.0952. The molecule has 0 aliphatic carbocycles. The minimum Gasteiger partial charge on any atom is -0.507 e. The maximum Gasteiger partial charge on any atom is 0.342 e. The van der Waals surface area contributed by atoms with Gasteiger partial charge in [-0.25, -0.2) is 4.79 Å². The van der Waals surface area contributed by atoms with Crippen molar-refractivity contribution >= 4 is 40.1 Å². The Morgan fingerprint density at radius 3 is 2.52 bits per heavy atom. The fourth-order valence-electron chi connectivity index (χ4n) is 2.70. The minimum absolute atomic E-state index is 0.182. The number of fused-ring (bicyclic) bond motifs is 1. The van der Waals surface area contributed by atoms with Crippen molar-refractivity contribution < 1.29 is 24.5 Å². The number of esters is 1. The molecule has 8 heteroatoms. The van der Waals surface area contributed by atoms with E-state index in [0.29, 0.717) is 21.4 Å². The molecule has 0 saturated carbocycles. The number of nitrogens with one attached hydrogen (secondary N) is 1. The first-order valence-corrected chi connectivity index (χ1v) is 9.49. The highest BCUT2D eigenvalue weighted by Gasteiger charge is 2.19. The molecule has 0 bridgehead atoms. The number of anilines is 1. The number of rotatable bonds is 6. The third kappa shape index (κ3) is 4.59. The van der Waals surface area contributed by atoms with Crippen LogP contribution in [0.1, 0.15) is 10.4 Å². The molecule has 1 amide bonds. The molecule has 3 rings (SSSR count). The van der Waals surface area contributed by atoms with Crippen LogP contribution in [0.3, 0.4) is 0 Å². The number of amides is 1. The van der Waals surface area contributed by atoms with Crippen LogP contribution >= 0.6 is 11.8 Å². The maximum absolute atomic E-state index is 12.3. The van der Waals surface area contributed by atoms with E-state index in [0.717, 1.165) is 6.07 Å². The average molecular weight is 408 g/mol. The smallest absolute Gasteiger partial charge is 0.342 e. The highest BCUT2D eigenvalue weighted by atomic mass is 32.2. The topological polar surface area (TPSA) is 120 Å². The third-order valence-electron chi connectivity index (χ3n) is 4.00. The van der Waals surface area contributed by atoms with Crippen LogP contribution in [0.4, 0.5) is 5.69 Å². The van der Waals surface area contributed by atoms with Crippen LogP contribution in [-0.4, -0.2) is 34.4 Å². The second kappa shape index (κ2) is 8.99. The number of phenolic OH excluding ortho intramolecular Hbond substituents is 2. The molecule has 0 heterocycles. The Kier molecular flexibility index (Phi) is 6.22. The number of nitriles is 1. The predicted octanol–water partition coefficient (Wildman–Crippen LogP) is 3.66. The monoisotopic (exact) mass is 408 g/mol. The molecule has 0 aliphatic rings. The van der Waals surface area contributed by atoms with Crippen LogP contribution in [0, 0.1) is 11.3 Å². The van der Waals surface area contributed by atoms with Crippen LogP contribution in [0.25, 0.3) is 10.8 Å². The number of ether oxygens (including phenoxy) is 1. The van der Waals surface area contributed by atoms with Gasteiger partial charge in [-0.3, -0.25) is 4.79 Å². The third-order valence-corrected chi connectivity index (χ3v) is 4.94. The fourth-order valence-corrected chi connectivity index (χ4v) is 3.37. The van der Waals surface area contributed by atoms with Crippen LogP contribution < -0.4 is 5.32 Å². The molecule has 0 saturated heterocycles. The molecule has 0 aromatic heterocycles. The van der Waals surface area contributed by atoms with E-state index in [1.165, 1.54) is 11.8 Å². The van der Waals surface area contributed by atoms with Gasteiger partial charge in [0.25, 0.3) is 5.91 Å². The largest absolute Gasteiger partial charge is 0.507 e. The number of carbonyl (C=O) groups is 2. The summed E-state index contributed by atoms with van der Waals surface area (Å²) in [5, 5.41) is 32.4. The molecular weight excluding hydrogens is 392 g/mol. The van der Waals surface area contributed by atoms with Gasteiger partial charge in [-0.15, -0.1) is 11.8 Å². The van der Waals surface area contributed by atoms with Crippen molar-refractivity contribution in [2.24, 2.45) is 0 Å². The molecule has 3 N–H and O–H groups in total. The number of para-hydroxylation sites is 1. The van der Waals surface area contributed by atoms with Gasteiger partial charge < -0.3 is 20.3 Å². The zero-order chi connectivity index (χ0) is 20.8. The number of thioether (sulfide) groups is 1. The highest BCUT2D eigenvalue weighted by molar-refractivity contribution is 7.99. The van der Waals surface area contributed by atoms with Gasteiger partial charge in [0.2, 0.25) is 0 Å². The Bertz CT molecular complexity index is 1120. The molecule has 0 unspecified atom stereocenters. The van der Waals surface area contributed by atoms with Gasteiger partial charge in [0, 0.05) is 15.7 Å². The number of nitrogens with zero attached hydrogens (tertiary/aromatic N) is 1. The van der Waals surface area contributed by atoms with Crippen LogP contribution in [-0.2, 0) is 9.53 Å². The number of phenols is 2. The van der Waals surface area contributed by atoms with Gasteiger partial charge in [-0.05, 0) is 18.2 Å². The molecule has 0 atom stereocenters. The van der Waals surface area contributed by atoms with Gasteiger partial charge in [0.1, 0.15) is 17.1 Å². The summed E-state index contributed by atoms with van der Waals surface area (Å²) in [7, 11) is 0. The van der Waals surface area contributed by atoms with Crippen LogP contribution in [0.2, 0.25) is 0 Å². The summed E-state index contributed by atoms with van der Waals surface area (Å²) >= 11 is 1.27. The molecular formula is C21H16N2O5S. The van der Waals surface area contributed by atoms with Crippen molar-refractivity contribution in [3.63, 3.8) is 0 Å². The quantitative estimate of drug-likeness (QED) is 0.323. The average Bonchev–Trinajstić information content (AvgIpc) is 2.74. The summed E-state index contributed by atoms with van der Waals surface area (Å²) < 4.78 is 4.99. The van der Waals surface area contributed by atoms with E-state index in [1.807, 2.05) is 6.07 Å². The highest BCUT2D eigenvalue weighted by Crippen LogP contribution is 2.35. The zero-order valence-electron chi connectivity index (χ0n) is 15.1. The molecule has 3 aromatic rings. The summed E-state index contributed by atoms with van der Waals surface area (Å²) in [6.07, 6.45) is 0. The van der Waals surface area contributed by atoms with Crippen LogP contribution in [0.15, 0.2) is 59.5 Å². The lowest BCUT2D eigenvalue weighted by molar-refractivity contribution is -0.119. The van der Waals surface area contributed by atoms with Crippen molar-refractivity contribution in [2.45, 2.75) is 4.90 Å². The summed E-state index contributed by atoms with van der Waals surface area (Å²) in [5.74, 6) is -1.80. The summed E-state index contributed by atoms with van der Waals surface area (Å²) in [4.78, 5) is 25.2. The van der Waals surface area contributed by atoms with Gasteiger partial charge in [0.15, 0.2) is 6.61 Å². The second-order valence-corrected chi connectivity index (χ2v) is 6.92. The Morgan fingerprint density at radius 2 is 1.76 bits per heavy atom. The van der Waals surface area contributed by atoms with Crippen molar-refractivity contribution in [2.75, 3.05) is 17.7 Å². The van der Waals surface area contributed by atoms with Gasteiger partial charge >= 0.3 is 5.97 Å². The number of carbonyl (C=O) groups excluding carboxylic acids is 2. The molecule has 0 aliphatic heterocycles. The lowest BCUT2D eigenvalue weighted by Gasteiger charge is -2.11. The van der Waals surface area contributed by atoms with E-state index in [4.69, 9.17) is 10.00 Å². The Labute approximate surface area is 170 Å². The van der Waals surface area contributed by atoms with E-state index in [9.17, 15) is 19.8 Å². The summed E-state index contributed by atoms with van der Waals surface area (Å²) in [5.41, 5.74) is 0.263. The van der Waals surface area contributed by atoms with Crippen molar-refractivity contribution in [1.29, 1.82) is 5.26 Å². The molecule has 7 nitrogen and oxygen atoms in total. The number of aromatic hydroxyl groups is 2. The van der Waals surface area contributed by atoms with E-state index in [-0.39, 0.29) is 22.8 Å². The molecule has 0 fully saturated rings. The Hall–Kier alpha value is -3.70. The SMILES string of the molecule is N#CCSc1ccccc1NC(=O)COC(=O)c1cc(O)c2ccccc2c1O. The molecule has 0 radical (unpaired) electrons. The normalized spacial score (nSPS) is 10.3. The van der Waals surface area contributed by atoms with Crippen molar-refractivity contribution in [3.05, 3.63) is 60.2 Å². The van der Waals surface area contributed by atoms with Gasteiger partial charge in [-0.2, -0.15) is 5.26 Å².